The van der Waals surface area contributed by atoms with Crippen LogP contribution < -0.4 is 9.62 Å². The van der Waals surface area contributed by atoms with Gasteiger partial charge < -0.3 is 10.1 Å². The van der Waals surface area contributed by atoms with Crippen LogP contribution >= 0.6 is 11.6 Å². The summed E-state index contributed by atoms with van der Waals surface area (Å²) < 4.78 is 33.1. The zero-order chi connectivity index (χ0) is 21.0. The van der Waals surface area contributed by atoms with E-state index in [9.17, 15) is 13.2 Å². The third-order valence-electron chi connectivity index (χ3n) is 4.43. The summed E-state index contributed by atoms with van der Waals surface area (Å²) >= 11 is 6.23. The Bertz CT molecular complexity index is 1070. The van der Waals surface area contributed by atoms with Crippen molar-refractivity contribution in [3.8, 4) is 0 Å². The van der Waals surface area contributed by atoms with Crippen LogP contribution in [-0.2, 0) is 19.6 Å². The molecule has 1 aliphatic heterocycles. The molecule has 2 aromatic carbocycles. The normalized spacial score (nSPS) is 15.0. The van der Waals surface area contributed by atoms with E-state index in [-0.39, 0.29) is 24.6 Å². The minimum absolute atomic E-state index is 0.0217. The Morgan fingerprint density at radius 2 is 1.97 bits per heavy atom. The molecule has 0 unspecified atom stereocenters. The molecule has 8 heteroatoms. The Morgan fingerprint density at radius 1 is 1.24 bits per heavy atom. The summed E-state index contributed by atoms with van der Waals surface area (Å²) in [5.74, 6) is -0.694. The summed E-state index contributed by atoms with van der Waals surface area (Å²) in [5.41, 5.74) is 1.94. The molecule has 0 saturated carbocycles. The van der Waals surface area contributed by atoms with Gasteiger partial charge in [-0.05, 0) is 23.8 Å². The van der Waals surface area contributed by atoms with Crippen molar-refractivity contribution < 1.29 is 17.9 Å². The van der Waals surface area contributed by atoms with Crippen molar-refractivity contribution in [3.63, 3.8) is 0 Å². The second-order valence-electron chi connectivity index (χ2n) is 6.31. The zero-order valence-electron chi connectivity index (χ0n) is 15.9. The van der Waals surface area contributed by atoms with E-state index < -0.39 is 15.9 Å². The van der Waals surface area contributed by atoms with E-state index >= 15 is 0 Å². The Hall–Kier alpha value is -2.61. The number of methoxy groups -OCH3 is 1. The lowest BCUT2D eigenvalue weighted by Crippen LogP contribution is -2.42. The van der Waals surface area contributed by atoms with E-state index in [4.69, 9.17) is 16.3 Å². The largest absolute Gasteiger partial charge is 0.383 e. The van der Waals surface area contributed by atoms with Crippen LogP contribution in [-0.4, -0.2) is 41.1 Å². The number of hydrogen-bond donors (Lipinski definition) is 1. The summed E-state index contributed by atoms with van der Waals surface area (Å²) in [7, 11) is -2.64. The number of anilines is 1. The molecule has 1 N–H and O–H groups in total. The van der Waals surface area contributed by atoms with Gasteiger partial charge in [0.15, 0.2) is 4.91 Å². The predicted octanol–water partition coefficient (Wildman–Crippen LogP) is 3.20. The first-order valence-corrected chi connectivity index (χ1v) is 10.7. The highest BCUT2D eigenvalue weighted by molar-refractivity contribution is 7.97. The molecule has 0 bridgehead atoms. The Kier molecular flexibility index (Phi) is 6.42. The summed E-state index contributed by atoms with van der Waals surface area (Å²) in [6.07, 6.45) is 1.48. The lowest BCUT2D eigenvalue weighted by Gasteiger charge is -2.33. The van der Waals surface area contributed by atoms with Crippen molar-refractivity contribution in [1.29, 1.82) is 0 Å². The van der Waals surface area contributed by atoms with Gasteiger partial charge in [-0.1, -0.05) is 48.0 Å². The van der Waals surface area contributed by atoms with Crippen molar-refractivity contribution in [2.45, 2.75) is 0 Å². The van der Waals surface area contributed by atoms with Gasteiger partial charge >= 0.3 is 0 Å². The van der Waals surface area contributed by atoms with Crippen molar-refractivity contribution in [1.82, 2.24) is 5.32 Å². The van der Waals surface area contributed by atoms with Gasteiger partial charge in [-0.2, -0.15) is 0 Å². The van der Waals surface area contributed by atoms with Crippen LogP contribution in [0, 0.1) is 0 Å². The van der Waals surface area contributed by atoms with Crippen LogP contribution in [0.15, 0.2) is 66.1 Å². The van der Waals surface area contributed by atoms with E-state index in [0.29, 0.717) is 27.4 Å². The standard InChI is InChI=1S/C21H21ClN2O4S/c1-3-12-24-18-10-9-16(22)14-17(18)19(15-7-5-4-6-8-15)20(29(24,26)27)21(25)23-11-13-28-2/h3-10,14H,1,11-13H2,2H3,(H,23,25). The number of ether oxygens (including phenoxy) is 1. The molecule has 0 spiro atoms. The van der Waals surface area contributed by atoms with Gasteiger partial charge in [-0.15, -0.1) is 6.58 Å². The maximum atomic E-state index is 13.5. The fourth-order valence-electron chi connectivity index (χ4n) is 3.20. The lowest BCUT2D eigenvalue weighted by atomic mass is 9.95. The number of fused-ring (bicyclic) bond motifs is 1. The molecule has 0 atom stereocenters. The quantitative estimate of drug-likeness (QED) is 0.538. The summed E-state index contributed by atoms with van der Waals surface area (Å²) in [5, 5.41) is 3.07. The first kappa shape index (κ1) is 21.1. The van der Waals surface area contributed by atoms with Crippen LogP contribution in [0.1, 0.15) is 11.1 Å². The SMILES string of the molecule is C=CCN1c2ccc(Cl)cc2C(c2ccccc2)=C(C(=O)NCCOC)S1(=O)=O. The zero-order valence-corrected chi connectivity index (χ0v) is 17.5. The van der Waals surface area contributed by atoms with Crippen molar-refractivity contribution >= 4 is 38.8 Å². The molecule has 152 valence electrons. The van der Waals surface area contributed by atoms with Gasteiger partial charge in [0, 0.05) is 29.8 Å². The number of benzene rings is 2. The van der Waals surface area contributed by atoms with E-state index in [1.165, 1.54) is 17.5 Å². The van der Waals surface area contributed by atoms with E-state index in [2.05, 4.69) is 11.9 Å². The molecule has 6 nitrogen and oxygen atoms in total. The highest BCUT2D eigenvalue weighted by Gasteiger charge is 2.40. The summed E-state index contributed by atoms with van der Waals surface area (Å²) in [6.45, 7) is 4.12. The number of nitrogens with one attached hydrogen (secondary N) is 1. The fourth-order valence-corrected chi connectivity index (χ4v) is 5.10. The Morgan fingerprint density at radius 3 is 2.62 bits per heavy atom. The highest BCUT2D eigenvalue weighted by atomic mass is 35.5. The topological polar surface area (TPSA) is 75.7 Å². The molecule has 1 amide bonds. The average Bonchev–Trinajstić information content (AvgIpc) is 2.70. The number of carbonyl (C=O) groups excluding carboxylic acids is 1. The molecule has 0 aromatic heterocycles. The minimum atomic E-state index is -4.14. The molecule has 1 heterocycles. The van der Waals surface area contributed by atoms with Crippen LogP contribution in [0.4, 0.5) is 5.69 Å². The van der Waals surface area contributed by atoms with Gasteiger partial charge in [0.25, 0.3) is 15.9 Å². The number of rotatable bonds is 7. The maximum Gasteiger partial charge on any atom is 0.270 e. The number of halogens is 1. The summed E-state index contributed by atoms with van der Waals surface area (Å²) in [4.78, 5) is 12.7. The van der Waals surface area contributed by atoms with Crippen LogP contribution in [0.5, 0.6) is 0 Å². The predicted molar refractivity (Wildman–Crippen MR) is 115 cm³/mol. The van der Waals surface area contributed by atoms with Crippen molar-refractivity contribution in [3.05, 3.63) is 82.2 Å². The smallest absolute Gasteiger partial charge is 0.270 e. The fraction of sp³-hybridized carbons (Fsp3) is 0.190. The monoisotopic (exact) mass is 432 g/mol. The van der Waals surface area contributed by atoms with Gasteiger partial charge in [-0.3, -0.25) is 9.10 Å². The van der Waals surface area contributed by atoms with Crippen LogP contribution in [0.2, 0.25) is 5.02 Å². The van der Waals surface area contributed by atoms with Gasteiger partial charge in [0.1, 0.15) is 0 Å². The first-order chi connectivity index (χ1) is 13.9. The molecule has 2 aromatic rings. The Balaban J connectivity index is 2.33. The lowest BCUT2D eigenvalue weighted by molar-refractivity contribution is -0.117. The molecule has 0 aliphatic carbocycles. The van der Waals surface area contributed by atoms with E-state index in [1.54, 1.807) is 42.5 Å². The number of sulfonamides is 1. The average molecular weight is 433 g/mol. The highest BCUT2D eigenvalue weighted by Crippen LogP contribution is 2.43. The number of hydrogen-bond acceptors (Lipinski definition) is 4. The first-order valence-electron chi connectivity index (χ1n) is 8.92. The molecular weight excluding hydrogens is 412 g/mol. The van der Waals surface area contributed by atoms with Crippen molar-refractivity contribution in [2.24, 2.45) is 0 Å². The Labute approximate surface area is 175 Å². The molecule has 3 rings (SSSR count). The molecule has 0 saturated heterocycles. The van der Waals surface area contributed by atoms with Gasteiger partial charge in [0.2, 0.25) is 0 Å². The van der Waals surface area contributed by atoms with Crippen LogP contribution in [0.25, 0.3) is 5.57 Å². The number of carbonyl (C=O) groups is 1. The van der Waals surface area contributed by atoms with Crippen LogP contribution in [0.3, 0.4) is 0 Å². The molecule has 0 fully saturated rings. The molecule has 1 aliphatic rings. The second kappa shape index (κ2) is 8.82. The second-order valence-corrected chi connectivity index (χ2v) is 8.54. The van der Waals surface area contributed by atoms with E-state index in [0.717, 1.165) is 0 Å². The van der Waals surface area contributed by atoms with E-state index in [1.807, 2.05) is 6.07 Å². The third-order valence-corrected chi connectivity index (χ3v) is 6.49. The molecule has 0 radical (unpaired) electrons. The number of nitrogens with zero attached hydrogens (tertiary/aromatic N) is 1. The summed E-state index contributed by atoms with van der Waals surface area (Å²) in [6, 6.07) is 13.9. The molecule has 29 heavy (non-hydrogen) atoms. The minimum Gasteiger partial charge on any atom is -0.383 e. The van der Waals surface area contributed by atoms with Gasteiger partial charge in [-0.25, -0.2) is 8.42 Å². The third kappa shape index (κ3) is 4.07. The van der Waals surface area contributed by atoms with Crippen molar-refractivity contribution in [2.75, 3.05) is 31.1 Å². The number of amides is 1. The maximum absolute atomic E-state index is 13.5. The molecular formula is C21H21ClN2O4S. The van der Waals surface area contributed by atoms with Gasteiger partial charge in [0.05, 0.1) is 18.8 Å².